The molecule has 0 aromatic rings. The van der Waals surface area contributed by atoms with Crippen molar-refractivity contribution in [1.29, 1.82) is 0 Å². The number of nitrogens with zero attached hydrogens (tertiary/aromatic N) is 2. The second-order valence-electron chi connectivity index (χ2n) is 5.56. The van der Waals surface area contributed by atoms with E-state index < -0.39 is 0 Å². The molecule has 1 unspecified atom stereocenters. The van der Waals surface area contributed by atoms with Crippen LogP contribution in [0.1, 0.15) is 32.6 Å². The van der Waals surface area contributed by atoms with Crippen LogP contribution in [0.15, 0.2) is 0 Å². The Hall–Kier alpha value is -0.650. The quantitative estimate of drug-likeness (QED) is 0.697. The van der Waals surface area contributed by atoms with Gasteiger partial charge in [-0.2, -0.15) is 0 Å². The van der Waals surface area contributed by atoms with Crippen molar-refractivity contribution in [3.63, 3.8) is 0 Å². The predicted octanol–water partition coefficient (Wildman–Crippen LogP) is 0.277. The van der Waals surface area contributed by atoms with Gasteiger partial charge in [-0.05, 0) is 45.4 Å². The van der Waals surface area contributed by atoms with E-state index in [9.17, 15) is 9.90 Å². The molecule has 5 heteroatoms. The number of piperidine rings is 1. The van der Waals surface area contributed by atoms with Crippen molar-refractivity contribution < 1.29 is 9.90 Å². The molecule has 19 heavy (non-hydrogen) atoms. The molecule has 1 amide bonds. The Morgan fingerprint density at radius 3 is 2.58 bits per heavy atom. The molecule has 0 bridgehead atoms. The Kier molecular flexibility index (Phi) is 7.34. The molecule has 1 fully saturated rings. The molecule has 5 nitrogen and oxygen atoms in total. The summed E-state index contributed by atoms with van der Waals surface area (Å²) in [7, 11) is 2.11. The molecule has 112 valence electrons. The molecule has 0 radical (unpaired) electrons. The highest BCUT2D eigenvalue weighted by molar-refractivity contribution is 5.76. The van der Waals surface area contributed by atoms with Gasteiger partial charge in [0.05, 0.1) is 6.61 Å². The molecule has 0 spiro atoms. The number of hydrogen-bond donors (Lipinski definition) is 2. The highest BCUT2D eigenvalue weighted by Crippen LogP contribution is 2.18. The number of carbonyl (C=O) groups excluding carboxylic acids is 1. The van der Waals surface area contributed by atoms with E-state index in [2.05, 4.69) is 18.9 Å². The van der Waals surface area contributed by atoms with Crippen LogP contribution < -0.4 is 5.73 Å². The van der Waals surface area contributed by atoms with Gasteiger partial charge in [-0.25, -0.2) is 0 Å². The second-order valence-corrected chi connectivity index (χ2v) is 5.56. The van der Waals surface area contributed by atoms with Crippen molar-refractivity contribution in [2.75, 3.05) is 39.8 Å². The molecular formula is C14H29N3O2. The first kappa shape index (κ1) is 16.4. The SMILES string of the molecule is CCC(CN)CC(=O)N(CCO)C1CCN(C)CC1. The summed E-state index contributed by atoms with van der Waals surface area (Å²) in [6.07, 6.45) is 3.45. The third kappa shape index (κ3) is 5.09. The van der Waals surface area contributed by atoms with Crippen LogP contribution in [0.5, 0.6) is 0 Å². The van der Waals surface area contributed by atoms with Gasteiger partial charge in [0.1, 0.15) is 0 Å². The first-order valence-corrected chi connectivity index (χ1v) is 7.41. The molecule has 1 aliphatic heterocycles. The lowest BCUT2D eigenvalue weighted by Gasteiger charge is -2.37. The fraction of sp³-hybridized carbons (Fsp3) is 0.929. The molecule has 0 aromatic heterocycles. The number of aliphatic hydroxyl groups excluding tert-OH is 1. The maximum absolute atomic E-state index is 12.4. The van der Waals surface area contributed by atoms with Crippen LogP contribution in [0.25, 0.3) is 0 Å². The van der Waals surface area contributed by atoms with Crippen molar-refractivity contribution in [3.05, 3.63) is 0 Å². The molecule has 1 aliphatic rings. The molecule has 0 aliphatic carbocycles. The number of nitrogens with two attached hydrogens (primary N) is 1. The normalized spacial score (nSPS) is 19.4. The third-order valence-corrected chi connectivity index (χ3v) is 4.16. The summed E-state index contributed by atoms with van der Waals surface area (Å²) in [6.45, 7) is 5.16. The number of hydrogen-bond acceptors (Lipinski definition) is 4. The zero-order valence-corrected chi connectivity index (χ0v) is 12.3. The Balaban J connectivity index is 2.57. The maximum atomic E-state index is 12.4. The lowest BCUT2D eigenvalue weighted by Crippen LogP contribution is -2.48. The van der Waals surface area contributed by atoms with E-state index in [1.54, 1.807) is 0 Å². The van der Waals surface area contributed by atoms with Gasteiger partial charge in [-0.15, -0.1) is 0 Å². The van der Waals surface area contributed by atoms with Crippen molar-refractivity contribution in [2.24, 2.45) is 11.7 Å². The number of amides is 1. The molecule has 1 atom stereocenters. The summed E-state index contributed by atoms with van der Waals surface area (Å²) < 4.78 is 0. The number of rotatable bonds is 7. The average molecular weight is 271 g/mol. The van der Waals surface area contributed by atoms with Crippen LogP contribution in [-0.4, -0.2) is 66.7 Å². The highest BCUT2D eigenvalue weighted by atomic mass is 16.3. The molecular weight excluding hydrogens is 242 g/mol. The van der Waals surface area contributed by atoms with Gasteiger partial charge in [0.25, 0.3) is 0 Å². The van der Waals surface area contributed by atoms with Crippen molar-refractivity contribution in [1.82, 2.24) is 9.80 Å². The van der Waals surface area contributed by atoms with Crippen molar-refractivity contribution >= 4 is 5.91 Å². The van der Waals surface area contributed by atoms with E-state index in [4.69, 9.17) is 5.73 Å². The first-order chi connectivity index (χ1) is 9.12. The zero-order chi connectivity index (χ0) is 14.3. The van der Waals surface area contributed by atoms with Crippen molar-refractivity contribution in [3.8, 4) is 0 Å². The fourth-order valence-electron chi connectivity index (χ4n) is 2.68. The van der Waals surface area contributed by atoms with E-state index in [-0.39, 0.29) is 24.5 Å². The summed E-state index contributed by atoms with van der Waals surface area (Å²) in [5, 5.41) is 9.19. The average Bonchev–Trinajstić information content (AvgIpc) is 2.43. The number of aliphatic hydroxyl groups is 1. The zero-order valence-electron chi connectivity index (χ0n) is 12.3. The largest absolute Gasteiger partial charge is 0.395 e. The Morgan fingerprint density at radius 2 is 2.11 bits per heavy atom. The number of carbonyl (C=O) groups is 1. The van der Waals surface area contributed by atoms with E-state index >= 15 is 0 Å². The summed E-state index contributed by atoms with van der Waals surface area (Å²) in [5.74, 6) is 0.417. The summed E-state index contributed by atoms with van der Waals surface area (Å²) >= 11 is 0. The molecule has 0 aromatic carbocycles. The van der Waals surface area contributed by atoms with Crippen LogP contribution in [0.3, 0.4) is 0 Å². The van der Waals surface area contributed by atoms with Crippen molar-refractivity contribution in [2.45, 2.75) is 38.6 Å². The Bertz CT molecular complexity index is 261. The summed E-state index contributed by atoms with van der Waals surface area (Å²) in [6, 6.07) is 0.283. The number of likely N-dealkylation sites (tertiary alicyclic amines) is 1. The summed E-state index contributed by atoms with van der Waals surface area (Å²) in [4.78, 5) is 16.6. The van der Waals surface area contributed by atoms with Gasteiger partial charge in [0.2, 0.25) is 5.91 Å². The Morgan fingerprint density at radius 1 is 1.47 bits per heavy atom. The van der Waals surface area contributed by atoms with Gasteiger partial charge in [-0.1, -0.05) is 13.3 Å². The lowest BCUT2D eigenvalue weighted by atomic mass is 9.99. The Labute approximate surface area is 116 Å². The van der Waals surface area contributed by atoms with Gasteiger partial charge in [-0.3, -0.25) is 4.79 Å². The van der Waals surface area contributed by atoms with Crippen LogP contribution in [0.4, 0.5) is 0 Å². The fourth-order valence-corrected chi connectivity index (χ4v) is 2.68. The maximum Gasteiger partial charge on any atom is 0.223 e. The van der Waals surface area contributed by atoms with Crippen LogP contribution in [0.2, 0.25) is 0 Å². The minimum atomic E-state index is 0.0392. The van der Waals surface area contributed by atoms with E-state index in [0.717, 1.165) is 32.4 Å². The first-order valence-electron chi connectivity index (χ1n) is 7.41. The lowest BCUT2D eigenvalue weighted by molar-refractivity contribution is -0.136. The monoisotopic (exact) mass is 271 g/mol. The molecule has 1 saturated heterocycles. The third-order valence-electron chi connectivity index (χ3n) is 4.16. The smallest absolute Gasteiger partial charge is 0.223 e. The van der Waals surface area contributed by atoms with Gasteiger partial charge in [0.15, 0.2) is 0 Å². The van der Waals surface area contributed by atoms with Crippen LogP contribution in [-0.2, 0) is 4.79 Å². The van der Waals surface area contributed by atoms with Gasteiger partial charge >= 0.3 is 0 Å². The van der Waals surface area contributed by atoms with Crippen LogP contribution >= 0.6 is 0 Å². The van der Waals surface area contributed by atoms with E-state index in [1.165, 1.54) is 0 Å². The second kappa shape index (κ2) is 8.51. The van der Waals surface area contributed by atoms with Gasteiger partial charge < -0.3 is 20.6 Å². The van der Waals surface area contributed by atoms with Crippen LogP contribution in [0, 0.1) is 5.92 Å². The standard InChI is InChI=1S/C14H29N3O2/c1-3-12(11-15)10-14(19)17(8-9-18)13-4-6-16(2)7-5-13/h12-13,18H,3-11,15H2,1-2H3. The van der Waals surface area contributed by atoms with Gasteiger partial charge in [0, 0.05) is 19.0 Å². The van der Waals surface area contributed by atoms with E-state index in [1.807, 2.05) is 4.90 Å². The topological polar surface area (TPSA) is 69.8 Å². The minimum Gasteiger partial charge on any atom is -0.395 e. The van der Waals surface area contributed by atoms with E-state index in [0.29, 0.717) is 19.5 Å². The molecule has 3 N–H and O–H groups in total. The highest BCUT2D eigenvalue weighted by Gasteiger charge is 2.27. The molecule has 1 heterocycles. The summed E-state index contributed by atoms with van der Waals surface area (Å²) in [5.41, 5.74) is 5.68. The predicted molar refractivity (Wildman–Crippen MR) is 76.8 cm³/mol. The molecule has 0 saturated carbocycles. The minimum absolute atomic E-state index is 0.0392. The molecule has 1 rings (SSSR count).